The average molecular weight is 207 g/mol. The van der Waals surface area contributed by atoms with Crippen molar-refractivity contribution in [1.82, 2.24) is 0 Å². The maximum absolute atomic E-state index is 6.10. The Morgan fingerprint density at radius 3 is 2.71 bits per heavy atom. The zero-order valence-corrected chi connectivity index (χ0v) is 8.50. The highest BCUT2D eigenvalue weighted by molar-refractivity contribution is 6.31. The van der Waals surface area contributed by atoms with Crippen molar-refractivity contribution in [2.75, 3.05) is 0 Å². The van der Waals surface area contributed by atoms with Crippen LogP contribution in [-0.4, -0.2) is 6.10 Å². The fourth-order valence-corrected chi connectivity index (χ4v) is 2.07. The third-order valence-corrected chi connectivity index (χ3v) is 2.78. The van der Waals surface area contributed by atoms with Crippen molar-refractivity contribution in [3.8, 4) is 5.75 Å². The van der Waals surface area contributed by atoms with Crippen molar-refractivity contribution in [2.24, 2.45) is 0 Å². The molecule has 0 amide bonds. The first-order chi connectivity index (χ1) is 6.77. The fourth-order valence-electron chi connectivity index (χ4n) is 1.77. The number of halogens is 1. The van der Waals surface area contributed by atoms with E-state index < -0.39 is 0 Å². The summed E-state index contributed by atoms with van der Waals surface area (Å²) >= 11 is 6.10. The summed E-state index contributed by atoms with van der Waals surface area (Å²) in [6.45, 7) is 7.53. The predicted molar refractivity (Wildman–Crippen MR) is 59.0 cm³/mol. The van der Waals surface area contributed by atoms with Crippen LogP contribution < -0.4 is 4.74 Å². The Hall–Kier alpha value is -1.21. The summed E-state index contributed by atoms with van der Waals surface area (Å²) < 4.78 is 5.67. The van der Waals surface area contributed by atoms with Crippen molar-refractivity contribution in [3.63, 3.8) is 0 Å². The minimum absolute atomic E-state index is 0.0394. The van der Waals surface area contributed by atoms with E-state index in [-0.39, 0.29) is 12.0 Å². The number of benzene rings is 1. The molecule has 72 valence electrons. The van der Waals surface area contributed by atoms with Crippen LogP contribution in [0.2, 0.25) is 5.02 Å². The first-order valence-corrected chi connectivity index (χ1v) is 4.86. The monoisotopic (exact) mass is 206 g/mol. The average Bonchev–Trinajstić information content (AvgIpc) is 2.56. The van der Waals surface area contributed by atoms with Gasteiger partial charge in [0, 0.05) is 16.5 Å². The van der Waals surface area contributed by atoms with Gasteiger partial charge in [0.2, 0.25) is 0 Å². The highest BCUT2D eigenvalue weighted by Gasteiger charge is 2.31. The van der Waals surface area contributed by atoms with Crippen LogP contribution in [0.25, 0.3) is 0 Å². The third-order valence-electron chi connectivity index (χ3n) is 2.45. The number of hydrogen-bond donors (Lipinski definition) is 0. The zero-order valence-electron chi connectivity index (χ0n) is 7.74. The highest BCUT2D eigenvalue weighted by atomic mass is 35.5. The van der Waals surface area contributed by atoms with Crippen LogP contribution in [0, 0.1) is 0 Å². The second-order valence-electron chi connectivity index (χ2n) is 3.23. The van der Waals surface area contributed by atoms with Gasteiger partial charge in [-0.25, -0.2) is 0 Å². The highest BCUT2D eigenvalue weighted by Crippen LogP contribution is 2.43. The molecule has 14 heavy (non-hydrogen) atoms. The number of ether oxygens (including phenoxy) is 1. The molecule has 0 aliphatic carbocycles. The minimum Gasteiger partial charge on any atom is -0.485 e. The van der Waals surface area contributed by atoms with E-state index >= 15 is 0 Å². The number of fused-ring (bicyclic) bond motifs is 1. The van der Waals surface area contributed by atoms with Gasteiger partial charge < -0.3 is 4.74 Å². The van der Waals surface area contributed by atoms with Crippen LogP contribution in [-0.2, 0) is 0 Å². The van der Waals surface area contributed by atoms with E-state index in [9.17, 15) is 0 Å². The van der Waals surface area contributed by atoms with E-state index in [0.29, 0.717) is 0 Å². The Kier molecular flexibility index (Phi) is 2.34. The fraction of sp³-hybridized carbons (Fsp3) is 0.167. The van der Waals surface area contributed by atoms with E-state index in [1.807, 2.05) is 24.3 Å². The Balaban J connectivity index is 2.53. The second kappa shape index (κ2) is 3.50. The predicted octanol–water partition coefficient (Wildman–Crippen LogP) is 3.56. The van der Waals surface area contributed by atoms with Crippen molar-refractivity contribution in [1.29, 1.82) is 0 Å². The van der Waals surface area contributed by atoms with Gasteiger partial charge in [0.15, 0.2) is 0 Å². The molecule has 0 spiro atoms. The van der Waals surface area contributed by atoms with Gasteiger partial charge >= 0.3 is 0 Å². The summed E-state index contributed by atoms with van der Waals surface area (Å²) in [5.41, 5.74) is 1.02. The standard InChI is InChI=1S/C12H11ClO/c1-3-8-10(4-2)14-11-7-5-6-9(13)12(8)11/h3-8,10H,1-2H2. The quantitative estimate of drug-likeness (QED) is 0.673. The molecular formula is C12H11ClO. The maximum Gasteiger partial charge on any atom is 0.127 e. The van der Waals surface area contributed by atoms with E-state index in [2.05, 4.69) is 13.2 Å². The normalized spacial score (nSPS) is 23.8. The summed E-state index contributed by atoms with van der Waals surface area (Å²) in [5, 5.41) is 0.733. The first kappa shape index (κ1) is 9.35. The molecule has 1 aliphatic rings. The van der Waals surface area contributed by atoms with E-state index in [1.54, 1.807) is 6.08 Å². The van der Waals surface area contributed by atoms with Crippen molar-refractivity contribution < 1.29 is 4.74 Å². The molecular weight excluding hydrogens is 196 g/mol. The van der Waals surface area contributed by atoms with Crippen LogP contribution >= 0.6 is 11.6 Å². The Morgan fingerprint density at radius 1 is 1.29 bits per heavy atom. The molecule has 0 saturated heterocycles. The maximum atomic E-state index is 6.10. The summed E-state index contributed by atoms with van der Waals surface area (Å²) in [5.74, 6) is 0.962. The minimum atomic E-state index is -0.0394. The summed E-state index contributed by atoms with van der Waals surface area (Å²) in [6, 6.07) is 5.67. The lowest BCUT2D eigenvalue weighted by Gasteiger charge is -2.10. The zero-order chi connectivity index (χ0) is 10.1. The third kappa shape index (κ3) is 1.25. The number of hydrogen-bond acceptors (Lipinski definition) is 1. The molecule has 2 atom stereocenters. The van der Waals surface area contributed by atoms with Gasteiger partial charge in [0.25, 0.3) is 0 Å². The van der Waals surface area contributed by atoms with Gasteiger partial charge in [-0.05, 0) is 12.1 Å². The lowest BCUT2D eigenvalue weighted by molar-refractivity contribution is 0.271. The van der Waals surface area contributed by atoms with E-state index in [0.717, 1.165) is 16.3 Å². The van der Waals surface area contributed by atoms with Crippen molar-refractivity contribution in [3.05, 3.63) is 54.1 Å². The molecule has 1 heterocycles. The van der Waals surface area contributed by atoms with Gasteiger partial charge in [0.1, 0.15) is 11.9 Å². The van der Waals surface area contributed by atoms with Gasteiger partial charge in [-0.15, -0.1) is 6.58 Å². The molecule has 2 rings (SSSR count). The smallest absolute Gasteiger partial charge is 0.127 e. The largest absolute Gasteiger partial charge is 0.485 e. The van der Waals surface area contributed by atoms with E-state index in [1.165, 1.54) is 0 Å². The van der Waals surface area contributed by atoms with Crippen LogP contribution in [0.4, 0.5) is 0 Å². The van der Waals surface area contributed by atoms with Crippen LogP contribution in [0.5, 0.6) is 5.75 Å². The molecule has 2 unspecified atom stereocenters. The SMILES string of the molecule is C=CC1Oc2cccc(Cl)c2C1C=C. The molecule has 1 aromatic rings. The van der Waals surface area contributed by atoms with Crippen molar-refractivity contribution in [2.45, 2.75) is 12.0 Å². The molecule has 0 saturated carbocycles. The topological polar surface area (TPSA) is 9.23 Å². The van der Waals surface area contributed by atoms with Crippen molar-refractivity contribution >= 4 is 11.6 Å². The molecule has 0 bridgehead atoms. The summed E-state index contributed by atoms with van der Waals surface area (Å²) in [7, 11) is 0. The number of rotatable bonds is 2. The summed E-state index contributed by atoms with van der Waals surface area (Å²) in [6.07, 6.45) is 3.59. The molecule has 1 aromatic carbocycles. The molecule has 0 radical (unpaired) electrons. The molecule has 2 heteroatoms. The molecule has 0 fully saturated rings. The lowest BCUT2D eigenvalue weighted by Crippen LogP contribution is -2.13. The molecule has 1 nitrogen and oxygen atoms in total. The van der Waals surface area contributed by atoms with Crippen LogP contribution in [0.15, 0.2) is 43.5 Å². The molecule has 0 aromatic heterocycles. The Labute approximate surface area is 88.7 Å². The summed E-state index contributed by atoms with van der Waals surface area (Å²) in [4.78, 5) is 0. The van der Waals surface area contributed by atoms with Crippen LogP contribution in [0.1, 0.15) is 11.5 Å². The second-order valence-corrected chi connectivity index (χ2v) is 3.64. The van der Waals surface area contributed by atoms with Gasteiger partial charge in [-0.3, -0.25) is 0 Å². The van der Waals surface area contributed by atoms with Crippen LogP contribution in [0.3, 0.4) is 0 Å². The first-order valence-electron chi connectivity index (χ1n) is 4.48. The Morgan fingerprint density at radius 2 is 2.07 bits per heavy atom. The Bertz CT molecular complexity index is 384. The molecule has 0 N–H and O–H groups in total. The molecule has 1 aliphatic heterocycles. The lowest BCUT2D eigenvalue weighted by atomic mass is 9.95. The van der Waals surface area contributed by atoms with Gasteiger partial charge in [-0.2, -0.15) is 0 Å². The van der Waals surface area contributed by atoms with Gasteiger partial charge in [0.05, 0.1) is 0 Å². The van der Waals surface area contributed by atoms with Gasteiger partial charge in [-0.1, -0.05) is 36.4 Å². The van der Waals surface area contributed by atoms with E-state index in [4.69, 9.17) is 16.3 Å².